The van der Waals surface area contributed by atoms with E-state index >= 15 is 0 Å². The minimum absolute atomic E-state index is 0.0397. The van der Waals surface area contributed by atoms with Gasteiger partial charge in [-0.25, -0.2) is 0 Å². The van der Waals surface area contributed by atoms with E-state index in [1.165, 1.54) is 0 Å². The van der Waals surface area contributed by atoms with Gasteiger partial charge in [0, 0.05) is 11.6 Å². The van der Waals surface area contributed by atoms with E-state index in [2.05, 4.69) is 25.2 Å². The molecule has 0 bridgehead atoms. The number of ether oxygens (including phenoxy) is 1. The van der Waals surface area contributed by atoms with Crippen LogP contribution in [-0.2, 0) is 0 Å². The van der Waals surface area contributed by atoms with Crippen LogP contribution in [0.5, 0.6) is 5.75 Å². The molecule has 1 aromatic carbocycles. The van der Waals surface area contributed by atoms with Crippen molar-refractivity contribution in [1.29, 1.82) is 0 Å². The Bertz CT molecular complexity index is 361. The van der Waals surface area contributed by atoms with Crippen LogP contribution in [0.25, 0.3) is 0 Å². The Morgan fingerprint density at radius 2 is 2.00 bits per heavy atom. The maximum absolute atomic E-state index is 6.24. The number of methoxy groups -OCH3 is 1. The first-order valence-electron chi connectivity index (χ1n) is 5.51. The SMILES string of the molecule is CNC(C)(C)C(N)c1ccc(OC)c(C)c1. The van der Waals surface area contributed by atoms with Crippen molar-refractivity contribution in [2.24, 2.45) is 5.73 Å². The predicted octanol–water partition coefficient (Wildman–Crippen LogP) is 2.00. The second-order valence-corrected chi connectivity index (χ2v) is 4.68. The second kappa shape index (κ2) is 4.85. The number of hydrogen-bond acceptors (Lipinski definition) is 3. The van der Waals surface area contributed by atoms with Crippen molar-refractivity contribution in [2.75, 3.05) is 14.2 Å². The van der Waals surface area contributed by atoms with E-state index in [9.17, 15) is 0 Å². The summed E-state index contributed by atoms with van der Waals surface area (Å²) in [5.74, 6) is 0.901. The highest BCUT2D eigenvalue weighted by atomic mass is 16.5. The van der Waals surface area contributed by atoms with Gasteiger partial charge in [0.1, 0.15) is 5.75 Å². The molecule has 0 saturated carbocycles. The summed E-state index contributed by atoms with van der Waals surface area (Å²) in [5, 5.41) is 3.23. The Hall–Kier alpha value is -1.06. The lowest BCUT2D eigenvalue weighted by Gasteiger charge is -2.31. The monoisotopic (exact) mass is 222 g/mol. The van der Waals surface area contributed by atoms with Crippen molar-refractivity contribution in [3.63, 3.8) is 0 Å². The van der Waals surface area contributed by atoms with E-state index in [4.69, 9.17) is 10.5 Å². The lowest BCUT2D eigenvalue weighted by molar-refractivity contribution is 0.348. The van der Waals surface area contributed by atoms with Crippen molar-refractivity contribution < 1.29 is 4.74 Å². The molecule has 0 aromatic heterocycles. The van der Waals surface area contributed by atoms with Crippen LogP contribution in [0.2, 0.25) is 0 Å². The molecule has 90 valence electrons. The minimum Gasteiger partial charge on any atom is -0.496 e. The van der Waals surface area contributed by atoms with Crippen molar-refractivity contribution in [2.45, 2.75) is 32.4 Å². The average Bonchev–Trinajstić information content (AvgIpc) is 2.27. The van der Waals surface area contributed by atoms with Crippen LogP contribution < -0.4 is 15.8 Å². The number of likely N-dealkylation sites (N-methyl/N-ethyl adjacent to an activating group) is 1. The smallest absolute Gasteiger partial charge is 0.121 e. The Kier molecular flexibility index (Phi) is 3.94. The zero-order valence-corrected chi connectivity index (χ0v) is 10.8. The summed E-state index contributed by atoms with van der Waals surface area (Å²) in [7, 11) is 3.61. The highest BCUT2D eigenvalue weighted by Crippen LogP contribution is 2.27. The molecule has 0 radical (unpaired) electrons. The predicted molar refractivity (Wildman–Crippen MR) is 67.8 cm³/mol. The Morgan fingerprint density at radius 3 is 2.44 bits per heavy atom. The van der Waals surface area contributed by atoms with Crippen LogP contribution in [0, 0.1) is 6.92 Å². The molecule has 1 rings (SSSR count). The molecular weight excluding hydrogens is 200 g/mol. The molecule has 0 aliphatic carbocycles. The molecular formula is C13H22N2O. The van der Waals surface area contributed by atoms with Gasteiger partial charge in [-0.3, -0.25) is 0 Å². The van der Waals surface area contributed by atoms with Crippen LogP contribution in [0.15, 0.2) is 18.2 Å². The molecule has 0 fully saturated rings. The number of rotatable bonds is 4. The summed E-state index contributed by atoms with van der Waals surface area (Å²) in [4.78, 5) is 0. The third-order valence-electron chi connectivity index (χ3n) is 3.20. The zero-order chi connectivity index (χ0) is 12.3. The van der Waals surface area contributed by atoms with Crippen LogP contribution in [0.4, 0.5) is 0 Å². The summed E-state index contributed by atoms with van der Waals surface area (Å²) in [6, 6.07) is 6.04. The second-order valence-electron chi connectivity index (χ2n) is 4.68. The van der Waals surface area contributed by atoms with Crippen molar-refractivity contribution in [3.8, 4) is 5.75 Å². The Balaban J connectivity index is 3.02. The van der Waals surface area contributed by atoms with Crippen molar-refractivity contribution >= 4 is 0 Å². The van der Waals surface area contributed by atoms with Crippen molar-refractivity contribution in [1.82, 2.24) is 5.32 Å². The van der Waals surface area contributed by atoms with Gasteiger partial charge in [0.25, 0.3) is 0 Å². The maximum atomic E-state index is 6.24. The molecule has 3 N–H and O–H groups in total. The van der Waals surface area contributed by atoms with Gasteiger partial charge >= 0.3 is 0 Å². The fourth-order valence-corrected chi connectivity index (χ4v) is 1.67. The Labute approximate surface area is 98.0 Å². The largest absolute Gasteiger partial charge is 0.496 e. The standard InChI is InChI=1S/C13H22N2O/c1-9-8-10(6-7-11(9)16-5)12(14)13(2,3)15-4/h6-8,12,15H,14H2,1-5H3. The summed E-state index contributed by atoms with van der Waals surface area (Å²) < 4.78 is 5.24. The summed E-state index contributed by atoms with van der Waals surface area (Å²) >= 11 is 0. The highest BCUT2D eigenvalue weighted by Gasteiger charge is 2.25. The van der Waals surface area contributed by atoms with E-state index in [1.807, 2.05) is 26.1 Å². The number of benzene rings is 1. The van der Waals surface area contributed by atoms with E-state index in [0.29, 0.717) is 0 Å². The van der Waals surface area contributed by atoms with Crippen molar-refractivity contribution in [3.05, 3.63) is 29.3 Å². The fraction of sp³-hybridized carbons (Fsp3) is 0.538. The quantitative estimate of drug-likeness (QED) is 0.819. The molecule has 0 saturated heterocycles. The van der Waals surface area contributed by atoms with Crippen LogP contribution in [0.3, 0.4) is 0 Å². The number of hydrogen-bond donors (Lipinski definition) is 2. The molecule has 1 atom stereocenters. The number of aryl methyl sites for hydroxylation is 1. The molecule has 3 heteroatoms. The van der Waals surface area contributed by atoms with Gasteiger partial charge in [-0.05, 0) is 45.0 Å². The fourth-order valence-electron chi connectivity index (χ4n) is 1.67. The summed E-state index contributed by atoms with van der Waals surface area (Å²) in [5.41, 5.74) is 8.35. The minimum atomic E-state index is -0.124. The average molecular weight is 222 g/mol. The third kappa shape index (κ3) is 2.54. The normalized spacial score (nSPS) is 13.6. The van der Waals surface area contributed by atoms with Gasteiger partial charge in [-0.1, -0.05) is 12.1 Å². The van der Waals surface area contributed by atoms with Gasteiger partial charge < -0.3 is 15.8 Å². The van der Waals surface area contributed by atoms with Crippen LogP contribution >= 0.6 is 0 Å². The first-order chi connectivity index (χ1) is 7.42. The highest BCUT2D eigenvalue weighted by molar-refractivity contribution is 5.38. The first kappa shape index (κ1) is 13.0. The van der Waals surface area contributed by atoms with E-state index in [-0.39, 0.29) is 11.6 Å². The summed E-state index contributed by atoms with van der Waals surface area (Å²) in [6.45, 7) is 6.22. The van der Waals surface area contributed by atoms with Crippen LogP contribution in [0.1, 0.15) is 31.0 Å². The lowest BCUT2D eigenvalue weighted by atomic mass is 9.89. The van der Waals surface area contributed by atoms with Crippen LogP contribution in [-0.4, -0.2) is 19.7 Å². The van der Waals surface area contributed by atoms with Gasteiger partial charge in [0.15, 0.2) is 0 Å². The molecule has 16 heavy (non-hydrogen) atoms. The maximum Gasteiger partial charge on any atom is 0.121 e. The third-order valence-corrected chi connectivity index (χ3v) is 3.20. The first-order valence-corrected chi connectivity index (χ1v) is 5.51. The summed E-state index contributed by atoms with van der Waals surface area (Å²) in [6.07, 6.45) is 0. The van der Waals surface area contributed by atoms with E-state index in [0.717, 1.165) is 16.9 Å². The molecule has 1 unspecified atom stereocenters. The van der Waals surface area contributed by atoms with Gasteiger partial charge in [-0.15, -0.1) is 0 Å². The number of nitrogens with one attached hydrogen (secondary N) is 1. The molecule has 0 spiro atoms. The molecule has 3 nitrogen and oxygen atoms in total. The van der Waals surface area contributed by atoms with Gasteiger partial charge in [0.05, 0.1) is 7.11 Å². The molecule has 1 aromatic rings. The van der Waals surface area contributed by atoms with Gasteiger partial charge in [0.2, 0.25) is 0 Å². The number of nitrogens with two attached hydrogens (primary N) is 1. The molecule has 0 heterocycles. The lowest BCUT2D eigenvalue weighted by Crippen LogP contribution is -2.46. The van der Waals surface area contributed by atoms with E-state index in [1.54, 1.807) is 7.11 Å². The van der Waals surface area contributed by atoms with Gasteiger partial charge in [-0.2, -0.15) is 0 Å². The molecule has 0 aliphatic heterocycles. The zero-order valence-electron chi connectivity index (χ0n) is 10.8. The topological polar surface area (TPSA) is 47.3 Å². The molecule has 0 aliphatic rings. The van der Waals surface area contributed by atoms with E-state index < -0.39 is 0 Å². The molecule has 0 amide bonds. The Morgan fingerprint density at radius 1 is 1.38 bits per heavy atom.